The van der Waals surface area contributed by atoms with Gasteiger partial charge in [0.15, 0.2) is 5.69 Å². The number of amides is 1. The maximum absolute atomic E-state index is 12.4. The fourth-order valence-corrected chi connectivity index (χ4v) is 2.03. The van der Waals surface area contributed by atoms with Crippen LogP contribution in [0.4, 0.5) is 5.82 Å². The minimum atomic E-state index is -0.499. The standard InChI is InChI=1S/C15H12N4O2/c1-19(12-8-4-5-9-16-12)15(21)13-14(20)10-6-2-3-7-11(10)17-18-13/h2-9H,1H3,(H,17,20). The zero-order chi connectivity index (χ0) is 14.8. The number of nitrogens with zero attached hydrogens (tertiary/aromatic N) is 3. The number of nitrogens with one attached hydrogen (secondary N) is 1. The van der Waals surface area contributed by atoms with Gasteiger partial charge in [-0.1, -0.05) is 18.2 Å². The third-order valence-electron chi connectivity index (χ3n) is 3.18. The van der Waals surface area contributed by atoms with Gasteiger partial charge in [-0.3, -0.25) is 19.6 Å². The number of hydrogen-bond donors (Lipinski definition) is 1. The molecule has 6 nitrogen and oxygen atoms in total. The molecule has 2 heterocycles. The van der Waals surface area contributed by atoms with E-state index in [0.717, 1.165) is 0 Å². The number of rotatable bonds is 2. The molecule has 0 atom stereocenters. The Bertz CT molecular complexity index is 858. The number of anilines is 1. The van der Waals surface area contributed by atoms with Crippen LogP contribution in [0.25, 0.3) is 10.9 Å². The Morgan fingerprint density at radius 3 is 2.67 bits per heavy atom. The van der Waals surface area contributed by atoms with E-state index in [1.807, 2.05) is 0 Å². The fraction of sp³-hybridized carbons (Fsp3) is 0.0667. The molecule has 1 aromatic carbocycles. The van der Waals surface area contributed by atoms with Gasteiger partial charge in [-0.15, -0.1) is 0 Å². The highest BCUT2D eigenvalue weighted by atomic mass is 16.2. The number of pyridine rings is 1. The molecule has 21 heavy (non-hydrogen) atoms. The second-order valence-corrected chi connectivity index (χ2v) is 4.50. The van der Waals surface area contributed by atoms with Crippen molar-refractivity contribution < 1.29 is 4.79 Å². The Kier molecular flexibility index (Phi) is 3.19. The van der Waals surface area contributed by atoms with Gasteiger partial charge in [0, 0.05) is 18.6 Å². The summed E-state index contributed by atoms with van der Waals surface area (Å²) in [4.78, 5) is 30.1. The zero-order valence-electron chi connectivity index (χ0n) is 11.3. The maximum atomic E-state index is 12.4. The van der Waals surface area contributed by atoms with Crippen molar-refractivity contribution >= 4 is 22.6 Å². The van der Waals surface area contributed by atoms with E-state index >= 15 is 0 Å². The molecular weight excluding hydrogens is 268 g/mol. The monoisotopic (exact) mass is 280 g/mol. The lowest BCUT2D eigenvalue weighted by atomic mass is 10.2. The number of hydrogen-bond acceptors (Lipinski definition) is 4. The number of benzene rings is 1. The van der Waals surface area contributed by atoms with Crippen LogP contribution < -0.4 is 10.3 Å². The first-order valence-corrected chi connectivity index (χ1v) is 6.35. The van der Waals surface area contributed by atoms with Gasteiger partial charge < -0.3 is 0 Å². The van der Waals surface area contributed by atoms with Gasteiger partial charge in [0.05, 0.1) is 5.52 Å². The first kappa shape index (κ1) is 13.0. The quantitative estimate of drug-likeness (QED) is 0.773. The zero-order valence-corrected chi connectivity index (χ0v) is 11.3. The highest BCUT2D eigenvalue weighted by Crippen LogP contribution is 2.10. The van der Waals surface area contributed by atoms with Gasteiger partial charge in [0.1, 0.15) is 5.82 Å². The predicted octanol–water partition coefficient (Wildman–Crippen LogP) is 1.59. The lowest BCUT2D eigenvalue weighted by Crippen LogP contribution is -2.33. The molecule has 0 spiro atoms. The van der Waals surface area contributed by atoms with Crippen LogP contribution in [0.15, 0.2) is 53.5 Å². The minimum absolute atomic E-state index is 0.151. The summed E-state index contributed by atoms with van der Waals surface area (Å²) in [7, 11) is 1.56. The maximum Gasteiger partial charge on any atom is 0.283 e. The third kappa shape index (κ3) is 2.27. The average Bonchev–Trinajstić information content (AvgIpc) is 2.55. The number of carbonyl (C=O) groups is 1. The number of aromatic amines is 1. The second-order valence-electron chi connectivity index (χ2n) is 4.50. The van der Waals surface area contributed by atoms with Crippen molar-refractivity contribution in [1.29, 1.82) is 0 Å². The Morgan fingerprint density at radius 1 is 1.14 bits per heavy atom. The van der Waals surface area contributed by atoms with Gasteiger partial charge in [-0.25, -0.2) is 4.98 Å². The van der Waals surface area contributed by atoms with Crippen molar-refractivity contribution in [2.45, 2.75) is 0 Å². The van der Waals surface area contributed by atoms with Crippen molar-refractivity contribution in [3.8, 4) is 0 Å². The Morgan fingerprint density at radius 2 is 1.90 bits per heavy atom. The van der Waals surface area contributed by atoms with Gasteiger partial charge in [0.25, 0.3) is 5.91 Å². The normalized spacial score (nSPS) is 10.5. The molecule has 1 amide bonds. The minimum Gasteiger partial charge on any atom is -0.294 e. The van der Waals surface area contributed by atoms with Crippen molar-refractivity contribution in [3.05, 3.63) is 64.6 Å². The molecule has 0 saturated carbocycles. The van der Waals surface area contributed by atoms with E-state index in [-0.39, 0.29) is 5.69 Å². The van der Waals surface area contributed by atoms with Crippen molar-refractivity contribution in [3.63, 3.8) is 0 Å². The van der Waals surface area contributed by atoms with E-state index in [9.17, 15) is 9.59 Å². The van der Waals surface area contributed by atoms with E-state index in [4.69, 9.17) is 0 Å². The molecule has 6 heteroatoms. The van der Waals surface area contributed by atoms with Crippen LogP contribution in [0.5, 0.6) is 0 Å². The summed E-state index contributed by atoms with van der Waals surface area (Å²) in [5, 5.41) is 7.06. The van der Waals surface area contributed by atoms with Crippen LogP contribution in [0, 0.1) is 0 Å². The summed E-state index contributed by atoms with van der Waals surface area (Å²) in [6.07, 6.45) is 1.58. The van der Waals surface area contributed by atoms with Crippen LogP contribution in [0.1, 0.15) is 10.5 Å². The van der Waals surface area contributed by atoms with Crippen LogP contribution in [0.3, 0.4) is 0 Å². The van der Waals surface area contributed by atoms with Crippen molar-refractivity contribution in [2.24, 2.45) is 0 Å². The Balaban J connectivity index is 2.06. The SMILES string of the molecule is CN(C(=O)c1n[nH]c2ccccc2c1=O)c1ccccn1. The summed E-state index contributed by atoms with van der Waals surface area (Å²) >= 11 is 0. The van der Waals surface area contributed by atoms with Gasteiger partial charge in [0.2, 0.25) is 5.43 Å². The van der Waals surface area contributed by atoms with E-state index in [1.165, 1.54) is 4.90 Å². The van der Waals surface area contributed by atoms with E-state index in [2.05, 4.69) is 15.2 Å². The third-order valence-corrected chi connectivity index (χ3v) is 3.18. The molecule has 3 aromatic rings. The molecule has 104 valence electrons. The molecule has 0 radical (unpaired) electrons. The summed E-state index contributed by atoms with van der Waals surface area (Å²) in [6.45, 7) is 0. The van der Waals surface area contributed by atoms with E-state index < -0.39 is 11.3 Å². The van der Waals surface area contributed by atoms with Gasteiger partial charge in [-0.05, 0) is 24.3 Å². The fourth-order valence-electron chi connectivity index (χ4n) is 2.03. The number of fused-ring (bicyclic) bond motifs is 1. The summed E-state index contributed by atoms with van der Waals surface area (Å²) in [5.41, 5.74) is 0.0542. The number of H-pyrrole nitrogens is 1. The predicted molar refractivity (Wildman–Crippen MR) is 79.3 cm³/mol. The number of aromatic nitrogens is 3. The molecule has 3 rings (SSSR count). The van der Waals surface area contributed by atoms with E-state index in [0.29, 0.717) is 16.7 Å². The van der Waals surface area contributed by atoms with Crippen LogP contribution in [0.2, 0.25) is 0 Å². The lowest BCUT2D eigenvalue weighted by Gasteiger charge is -2.14. The molecule has 2 aromatic heterocycles. The molecular formula is C15H12N4O2. The molecule has 0 bridgehead atoms. The van der Waals surface area contributed by atoms with Crippen LogP contribution in [-0.2, 0) is 0 Å². The highest BCUT2D eigenvalue weighted by molar-refractivity contribution is 6.05. The molecule has 1 N–H and O–H groups in total. The van der Waals surface area contributed by atoms with Crippen molar-refractivity contribution in [2.75, 3.05) is 11.9 Å². The Hall–Kier alpha value is -3.02. The molecule has 0 fully saturated rings. The average molecular weight is 280 g/mol. The van der Waals surface area contributed by atoms with Crippen LogP contribution in [-0.4, -0.2) is 28.1 Å². The summed E-state index contributed by atoms with van der Waals surface area (Å²) in [5.74, 6) is -0.0439. The first-order chi connectivity index (χ1) is 10.2. The topological polar surface area (TPSA) is 79.0 Å². The molecule has 0 aliphatic carbocycles. The Labute approximate surface area is 120 Å². The molecule has 0 aliphatic rings. The van der Waals surface area contributed by atoms with Gasteiger partial charge in [-0.2, -0.15) is 5.10 Å². The molecule has 0 unspecified atom stereocenters. The summed E-state index contributed by atoms with van der Waals surface area (Å²) < 4.78 is 0. The molecule has 0 saturated heterocycles. The lowest BCUT2D eigenvalue weighted by molar-refractivity contribution is 0.0985. The smallest absolute Gasteiger partial charge is 0.283 e. The highest BCUT2D eigenvalue weighted by Gasteiger charge is 2.20. The van der Waals surface area contributed by atoms with Crippen molar-refractivity contribution in [1.82, 2.24) is 15.2 Å². The van der Waals surface area contributed by atoms with Gasteiger partial charge >= 0.3 is 0 Å². The molecule has 0 aliphatic heterocycles. The van der Waals surface area contributed by atoms with E-state index in [1.54, 1.807) is 55.7 Å². The first-order valence-electron chi connectivity index (χ1n) is 6.35. The largest absolute Gasteiger partial charge is 0.294 e. The number of para-hydroxylation sites is 1. The second kappa shape index (κ2) is 5.16. The van der Waals surface area contributed by atoms with Crippen LogP contribution >= 0.6 is 0 Å². The number of carbonyl (C=O) groups excluding carboxylic acids is 1. The summed E-state index contributed by atoms with van der Waals surface area (Å²) in [6, 6.07) is 12.1.